The predicted octanol–water partition coefficient (Wildman–Crippen LogP) is 4.87. The van der Waals surface area contributed by atoms with Crippen LogP contribution in [0.25, 0.3) is 16.9 Å². The van der Waals surface area contributed by atoms with Crippen molar-refractivity contribution in [2.75, 3.05) is 31.6 Å². The minimum absolute atomic E-state index is 0.125. The minimum atomic E-state index is -0.334. The molecule has 2 N–H and O–H groups in total. The number of likely N-dealkylation sites (tertiary alicyclic amines) is 1. The van der Waals surface area contributed by atoms with Crippen LogP contribution in [-0.2, 0) is 17.8 Å². The summed E-state index contributed by atoms with van der Waals surface area (Å²) in [6.45, 7) is 7.25. The number of ether oxygens (including phenoxy) is 1. The molecule has 3 aliphatic heterocycles. The first kappa shape index (κ1) is 24.2. The van der Waals surface area contributed by atoms with Crippen LogP contribution in [0.5, 0.6) is 0 Å². The van der Waals surface area contributed by atoms with Crippen LogP contribution in [0.15, 0.2) is 48.8 Å². The minimum Gasteiger partial charge on any atom is -0.381 e. The van der Waals surface area contributed by atoms with Gasteiger partial charge >= 0.3 is 0 Å². The zero-order valence-corrected chi connectivity index (χ0v) is 21.9. The Kier molecular flexibility index (Phi) is 6.05. The molecule has 6 heterocycles. The highest BCUT2D eigenvalue weighted by Gasteiger charge is 2.28. The Morgan fingerprint density at radius 1 is 1.21 bits per heavy atom. The van der Waals surface area contributed by atoms with E-state index >= 15 is 0 Å². The van der Waals surface area contributed by atoms with Crippen molar-refractivity contribution in [1.82, 2.24) is 24.6 Å². The molecule has 1 aromatic carbocycles. The van der Waals surface area contributed by atoms with Crippen molar-refractivity contribution in [2.45, 2.75) is 38.8 Å². The zero-order chi connectivity index (χ0) is 26.5. The number of carbonyl (C=O) groups excluding carboxylic acids is 1. The van der Waals surface area contributed by atoms with E-state index in [4.69, 9.17) is 9.72 Å². The van der Waals surface area contributed by atoms with Crippen molar-refractivity contribution in [1.29, 1.82) is 0 Å². The highest BCUT2D eigenvalue weighted by Crippen LogP contribution is 2.36. The summed E-state index contributed by atoms with van der Waals surface area (Å²) < 4.78 is 21.2. The Morgan fingerprint density at radius 2 is 2.13 bits per heavy atom. The van der Waals surface area contributed by atoms with Gasteiger partial charge < -0.3 is 15.4 Å². The SMILES string of the molecule is C[C@H]1CCN(Cc2nc(Nc3ccc(-c4cnc5cc(F)ccn45)c4c3C(=O)NC4)ccc2[C@H]2CCOC2)C1. The standard InChI is InChI=1S/C30H31FN6O2/c1-18-6-9-36(15-18)16-25-21(19-8-11-39-17-19)3-5-27(35-25)34-24-4-2-22(23-13-33-30(38)29(23)24)26-14-32-28-12-20(31)7-10-37(26)28/h2-5,7,10,12,14,18-19H,6,8-9,11,13,15-17H2,1H3,(H,33,38)(H,34,35)/t18-,19-/m0/s1. The van der Waals surface area contributed by atoms with Gasteiger partial charge in [-0.15, -0.1) is 0 Å². The van der Waals surface area contributed by atoms with Gasteiger partial charge in [-0.2, -0.15) is 0 Å². The molecule has 0 aliphatic carbocycles. The summed E-state index contributed by atoms with van der Waals surface area (Å²) in [4.78, 5) is 24.9. The zero-order valence-electron chi connectivity index (χ0n) is 21.9. The fraction of sp³-hybridized carbons (Fsp3) is 0.367. The number of fused-ring (bicyclic) bond motifs is 2. The van der Waals surface area contributed by atoms with Crippen molar-refractivity contribution >= 4 is 23.1 Å². The first-order chi connectivity index (χ1) is 19.0. The Balaban J connectivity index is 1.24. The molecule has 0 radical (unpaired) electrons. The molecule has 7 rings (SSSR count). The number of halogens is 1. The van der Waals surface area contributed by atoms with Crippen LogP contribution < -0.4 is 10.6 Å². The van der Waals surface area contributed by atoms with Gasteiger partial charge in [-0.25, -0.2) is 14.4 Å². The van der Waals surface area contributed by atoms with Gasteiger partial charge in [0.15, 0.2) is 0 Å². The van der Waals surface area contributed by atoms with E-state index in [0.717, 1.165) is 67.6 Å². The van der Waals surface area contributed by atoms with Gasteiger partial charge in [0.2, 0.25) is 0 Å². The van der Waals surface area contributed by atoms with E-state index in [1.807, 2.05) is 22.6 Å². The molecule has 4 aromatic rings. The highest BCUT2D eigenvalue weighted by atomic mass is 19.1. The van der Waals surface area contributed by atoms with Crippen LogP contribution in [0.1, 0.15) is 52.9 Å². The largest absolute Gasteiger partial charge is 0.381 e. The third-order valence-corrected chi connectivity index (χ3v) is 8.24. The monoisotopic (exact) mass is 526 g/mol. The van der Waals surface area contributed by atoms with Gasteiger partial charge in [-0.05, 0) is 54.6 Å². The number of aromatic nitrogens is 3. The second-order valence-electron chi connectivity index (χ2n) is 11.0. The molecule has 2 fully saturated rings. The van der Waals surface area contributed by atoms with Crippen LogP contribution in [-0.4, -0.2) is 51.5 Å². The predicted molar refractivity (Wildman–Crippen MR) is 147 cm³/mol. The molecule has 8 nitrogen and oxygen atoms in total. The van der Waals surface area contributed by atoms with E-state index in [1.54, 1.807) is 12.4 Å². The fourth-order valence-corrected chi connectivity index (χ4v) is 6.23. The van der Waals surface area contributed by atoms with Crippen LogP contribution in [0.2, 0.25) is 0 Å². The van der Waals surface area contributed by atoms with Crippen molar-refractivity contribution in [2.24, 2.45) is 5.92 Å². The number of imidazole rings is 1. The van der Waals surface area contributed by atoms with Crippen LogP contribution in [0.4, 0.5) is 15.9 Å². The number of nitrogens with zero attached hydrogens (tertiary/aromatic N) is 4. The number of hydrogen-bond acceptors (Lipinski definition) is 6. The normalized spacial score (nSPS) is 21.0. The summed E-state index contributed by atoms with van der Waals surface area (Å²) in [7, 11) is 0. The van der Waals surface area contributed by atoms with Crippen molar-refractivity contribution in [3.05, 3.63) is 77.0 Å². The van der Waals surface area contributed by atoms with Gasteiger partial charge in [0.1, 0.15) is 17.3 Å². The molecular formula is C30H31FN6O2. The molecule has 0 bridgehead atoms. The van der Waals surface area contributed by atoms with Gasteiger partial charge in [-0.1, -0.05) is 19.1 Å². The van der Waals surface area contributed by atoms with Crippen molar-refractivity contribution in [3.8, 4) is 11.3 Å². The number of hydrogen-bond donors (Lipinski definition) is 2. The van der Waals surface area contributed by atoms with E-state index in [1.165, 1.54) is 24.1 Å². The molecule has 2 saturated heterocycles. The molecule has 200 valence electrons. The van der Waals surface area contributed by atoms with E-state index in [0.29, 0.717) is 35.3 Å². The molecule has 1 amide bonds. The third-order valence-electron chi connectivity index (χ3n) is 8.24. The summed E-state index contributed by atoms with van der Waals surface area (Å²) in [6.07, 6.45) is 5.62. The van der Waals surface area contributed by atoms with Crippen molar-refractivity contribution < 1.29 is 13.9 Å². The summed E-state index contributed by atoms with van der Waals surface area (Å²) in [6, 6.07) is 10.9. The molecule has 3 aromatic heterocycles. The molecule has 3 aliphatic rings. The Bertz CT molecular complexity index is 1580. The highest BCUT2D eigenvalue weighted by molar-refractivity contribution is 6.06. The number of amides is 1. The molecule has 39 heavy (non-hydrogen) atoms. The third kappa shape index (κ3) is 4.45. The molecule has 0 spiro atoms. The van der Waals surface area contributed by atoms with E-state index in [2.05, 4.69) is 33.5 Å². The lowest BCUT2D eigenvalue weighted by Gasteiger charge is -2.21. The number of pyridine rings is 2. The number of rotatable bonds is 6. The lowest BCUT2D eigenvalue weighted by atomic mass is 9.96. The Hall–Kier alpha value is -3.82. The maximum atomic E-state index is 13.7. The average molecular weight is 527 g/mol. The Morgan fingerprint density at radius 3 is 2.95 bits per heavy atom. The lowest BCUT2D eigenvalue weighted by Crippen LogP contribution is -2.22. The number of anilines is 2. The lowest BCUT2D eigenvalue weighted by molar-refractivity contribution is 0.0966. The summed E-state index contributed by atoms with van der Waals surface area (Å²) in [5.74, 6) is 1.34. The van der Waals surface area contributed by atoms with E-state index in [9.17, 15) is 9.18 Å². The molecule has 0 saturated carbocycles. The number of benzene rings is 1. The molecular weight excluding hydrogens is 495 g/mol. The van der Waals surface area contributed by atoms with E-state index in [-0.39, 0.29) is 11.7 Å². The second kappa shape index (κ2) is 9.73. The first-order valence-electron chi connectivity index (χ1n) is 13.7. The Labute approximate surface area is 226 Å². The van der Waals surface area contributed by atoms with Crippen LogP contribution >= 0.6 is 0 Å². The van der Waals surface area contributed by atoms with Gasteiger partial charge in [0.05, 0.1) is 35.4 Å². The summed E-state index contributed by atoms with van der Waals surface area (Å²) in [5, 5.41) is 6.42. The van der Waals surface area contributed by atoms with E-state index < -0.39 is 0 Å². The topological polar surface area (TPSA) is 83.8 Å². The van der Waals surface area contributed by atoms with Gasteiger partial charge in [0, 0.05) is 50.0 Å². The maximum Gasteiger partial charge on any atom is 0.254 e. The van der Waals surface area contributed by atoms with Crippen LogP contribution in [0.3, 0.4) is 0 Å². The molecule has 9 heteroatoms. The molecule has 0 unspecified atom stereocenters. The molecule has 2 atom stereocenters. The maximum absolute atomic E-state index is 13.7. The summed E-state index contributed by atoms with van der Waals surface area (Å²) >= 11 is 0. The van der Waals surface area contributed by atoms with Gasteiger partial charge in [-0.3, -0.25) is 14.1 Å². The first-order valence-corrected chi connectivity index (χ1v) is 13.7. The second-order valence-corrected chi connectivity index (χ2v) is 11.0. The van der Waals surface area contributed by atoms with Crippen molar-refractivity contribution in [3.63, 3.8) is 0 Å². The smallest absolute Gasteiger partial charge is 0.254 e. The quantitative estimate of drug-likeness (QED) is 0.373. The number of nitrogens with one attached hydrogen (secondary N) is 2. The van der Waals surface area contributed by atoms with Gasteiger partial charge in [0.25, 0.3) is 5.91 Å². The fourth-order valence-electron chi connectivity index (χ4n) is 6.23. The van der Waals surface area contributed by atoms with Crippen LogP contribution in [0, 0.1) is 11.7 Å². The average Bonchev–Trinajstić information content (AvgIpc) is 3.73. The summed E-state index contributed by atoms with van der Waals surface area (Å²) in [5.41, 5.74) is 6.79. The number of carbonyl (C=O) groups is 1.